The van der Waals surface area contributed by atoms with Crippen molar-refractivity contribution in [2.45, 2.75) is 13.5 Å². The average molecular weight is 273 g/mol. The highest BCUT2D eigenvalue weighted by molar-refractivity contribution is 5.96. The van der Waals surface area contributed by atoms with E-state index < -0.39 is 4.92 Å². The van der Waals surface area contributed by atoms with Gasteiger partial charge in [0.1, 0.15) is 6.54 Å². The number of nitro benzene ring substituents is 1. The van der Waals surface area contributed by atoms with Crippen LogP contribution >= 0.6 is 0 Å². The Hall–Kier alpha value is -2.83. The molecular weight excluding hydrogens is 262 g/mol. The van der Waals surface area contributed by atoms with Crippen molar-refractivity contribution in [1.29, 1.82) is 0 Å². The number of nitrogens with zero attached hydrogens (tertiary/aromatic N) is 3. The highest BCUT2D eigenvalue weighted by Crippen LogP contribution is 2.12. The molecule has 0 saturated carbocycles. The van der Waals surface area contributed by atoms with E-state index in [9.17, 15) is 19.7 Å². The summed E-state index contributed by atoms with van der Waals surface area (Å²) in [6, 6.07) is 8.13. The van der Waals surface area contributed by atoms with Gasteiger partial charge in [0.25, 0.3) is 11.2 Å². The molecule has 0 N–H and O–H groups in total. The van der Waals surface area contributed by atoms with E-state index in [4.69, 9.17) is 0 Å². The second-order valence-corrected chi connectivity index (χ2v) is 4.20. The first-order chi connectivity index (χ1) is 9.47. The van der Waals surface area contributed by atoms with E-state index in [0.717, 1.165) is 4.68 Å². The number of hydrogen-bond donors (Lipinski definition) is 0. The number of nitro groups is 1. The van der Waals surface area contributed by atoms with Crippen molar-refractivity contribution < 1.29 is 9.72 Å². The van der Waals surface area contributed by atoms with Crippen molar-refractivity contribution in [1.82, 2.24) is 9.78 Å². The van der Waals surface area contributed by atoms with E-state index in [-0.39, 0.29) is 23.6 Å². The van der Waals surface area contributed by atoms with Crippen LogP contribution in [0.2, 0.25) is 0 Å². The molecule has 0 amide bonds. The van der Waals surface area contributed by atoms with Crippen LogP contribution < -0.4 is 5.56 Å². The summed E-state index contributed by atoms with van der Waals surface area (Å²) in [5.74, 6) is -0.333. The summed E-state index contributed by atoms with van der Waals surface area (Å²) >= 11 is 0. The van der Waals surface area contributed by atoms with Gasteiger partial charge >= 0.3 is 0 Å². The van der Waals surface area contributed by atoms with Gasteiger partial charge in [-0.15, -0.1) is 0 Å². The van der Waals surface area contributed by atoms with Gasteiger partial charge < -0.3 is 0 Å². The Kier molecular flexibility index (Phi) is 3.69. The molecule has 0 fully saturated rings. The van der Waals surface area contributed by atoms with Gasteiger partial charge in [-0.2, -0.15) is 5.10 Å². The monoisotopic (exact) mass is 273 g/mol. The fourth-order valence-electron chi connectivity index (χ4n) is 1.66. The second kappa shape index (κ2) is 5.43. The molecule has 0 aliphatic rings. The minimum Gasteiger partial charge on any atom is -0.292 e. The van der Waals surface area contributed by atoms with Crippen molar-refractivity contribution in [2.75, 3.05) is 0 Å². The summed E-state index contributed by atoms with van der Waals surface area (Å²) in [5.41, 5.74) is 0.463. The van der Waals surface area contributed by atoms with E-state index >= 15 is 0 Å². The molecule has 0 radical (unpaired) electrons. The first-order valence-electron chi connectivity index (χ1n) is 5.80. The van der Waals surface area contributed by atoms with Crippen molar-refractivity contribution >= 4 is 11.5 Å². The molecule has 2 aromatic rings. The van der Waals surface area contributed by atoms with E-state index in [1.807, 2.05) is 0 Å². The van der Waals surface area contributed by atoms with E-state index in [2.05, 4.69) is 5.10 Å². The molecule has 0 spiro atoms. The van der Waals surface area contributed by atoms with Crippen LogP contribution in [0.4, 0.5) is 5.69 Å². The molecule has 20 heavy (non-hydrogen) atoms. The van der Waals surface area contributed by atoms with Crippen LogP contribution in [0, 0.1) is 17.0 Å². The maximum atomic E-state index is 12.0. The standard InChI is InChI=1S/C13H11N3O4/c1-9-2-7-13(18)15(14-9)8-12(17)10-3-5-11(6-4-10)16(19)20/h2-7H,8H2,1H3. The predicted molar refractivity (Wildman–Crippen MR) is 70.7 cm³/mol. The molecule has 0 bridgehead atoms. The van der Waals surface area contributed by atoms with Gasteiger partial charge in [0.15, 0.2) is 5.78 Å². The summed E-state index contributed by atoms with van der Waals surface area (Å²) in [6.07, 6.45) is 0. The van der Waals surface area contributed by atoms with Crippen LogP contribution in [0.1, 0.15) is 16.1 Å². The van der Waals surface area contributed by atoms with Crippen LogP contribution in [0.15, 0.2) is 41.2 Å². The second-order valence-electron chi connectivity index (χ2n) is 4.20. The predicted octanol–water partition coefficient (Wildman–Crippen LogP) is 1.34. The van der Waals surface area contributed by atoms with Gasteiger partial charge in [-0.3, -0.25) is 19.7 Å². The molecule has 1 aromatic heterocycles. The Morgan fingerprint density at radius 3 is 2.50 bits per heavy atom. The number of carbonyl (C=O) groups is 1. The molecule has 1 aromatic carbocycles. The van der Waals surface area contributed by atoms with Crippen molar-refractivity contribution in [2.24, 2.45) is 0 Å². The Morgan fingerprint density at radius 1 is 1.25 bits per heavy atom. The number of Topliss-reactive ketones (excluding diaryl/α,β-unsaturated/α-hetero) is 1. The van der Waals surface area contributed by atoms with Crippen molar-refractivity contribution in [3.8, 4) is 0 Å². The minimum atomic E-state index is -0.541. The maximum Gasteiger partial charge on any atom is 0.269 e. The molecule has 0 saturated heterocycles. The van der Waals surface area contributed by atoms with E-state index in [1.165, 1.54) is 30.3 Å². The van der Waals surface area contributed by atoms with E-state index in [1.54, 1.807) is 13.0 Å². The van der Waals surface area contributed by atoms with Crippen LogP contribution in [0.25, 0.3) is 0 Å². The SMILES string of the molecule is Cc1ccc(=O)n(CC(=O)c2ccc([N+](=O)[O-])cc2)n1. The van der Waals surface area contributed by atoms with Gasteiger partial charge in [0, 0.05) is 23.8 Å². The largest absolute Gasteiger partial charge is 0.292 e. The molecule has 7 heteroatoms. The Bertz CT molecular complexity index is 719. The first kappa shape index (κ1) is 13.6. The zero-order chi connectivity index (χ0) is 14.7. The number of non-ortho nitro benzene ring substituents is 1. The van der Waals surface area contributed by atoms with Crippen LogP contribution in [-0.4, -0.2) is 20.5 Å². The third kappa shape index (κ3) is 2.94. The highest BCUT2D eigenvalue weighted by atomic mass is 16.6. The number of carbonyl (C=O) groups excluding carboxylic acids is 1. The third-order valence-electron chi connectivity index (χ3n) is 2.69. The number of aryl methyl sites for hydroxylation is 1. The lowest BCUT2D eigenvalue weighted by molar-refractivity contribution is -0.384. The lowest BCUT2D eigenvalue weighted by Gasteiger charge is -2.04. The smallest absolute Gasteiger partial charge is 0.269 e. The molecule has 2 rings (SSSR count). The molecular formula is C13H11N3O4. The summed E-state index contributed by atoms with van der Waals surface area (Å²) in [7, 11) is 0. The number of hydrogen-bond acceptors (Lipinski definition) is 5. The Balaban J connectivity index is 2.21. The highest BCUT2D eigenvalue weighted by Gasteiger charge is 2.11. The molecule has 0 aliphatic carbocycles. The normalized spacial score (nSPS) is 10.2. The fourth-order valence-corrected chi connectivity index (χ4v) is 1.66. The molecule has 102 valence electrons. The van der Waals surface area contributed by atoms with Crippen LogP contribution in [-0.2, 0) is 6.54 Å². The number of rotatable bonds is 4. The molecule has 0 atom stereocenters. The van der Waals surface area contributed by atoms with Gasteiger partial charge in [-0.25, -0.2) is 4.68 Å². The van der Waals surface area contributed by atoms with Gasteiger partial charge in [0.2, 0.25) is 0 Å². The first-order valence-corrected chi connectivity index (χ1v) is 5.80. The fraction of sp³-hybridized carbons (Fsp3) is 0.154. The number of aromatic nitrogens is 2. The van der Waals surface area contributed by atoms with Gasteiger partial charge in [0.05, 0.1) is 10.6 Å². The summed E-state index contributed by atoms with van der Waals surface area (Å²) < 4.78 is 1.07. The summed E-state index contributed by atoms with van der Waals surface area (Å²) in [6.45, 7) is 1.52. The summed E-state index contributed by atoms with van der Waals surface area (Å²) in [5, 5.41) is 14.5. The molecule has 7 nitrogen and oxygen atoms in total. The Labute approximate surface area is 113 Å². The van der Waals surface area contributed by atoms with Crippen LogP contribution in [0.5, 0.6) is 0 Å². The maximum absolute atomic E-state index is 12.0. The van der Waals surface area contributed by atoms with Gasteiger partial charge in [-0.1, -0.05) is 0 Å². The third-order valence-corrected chi connectivity index (χ3v) is 2.69. The number of benzene rings is 1. The Morgan fingerprint density at radius 2 is 1.90 bits per heavy atom. The van der Waals surface area contributed by atoms with Crippen molar-refractivity contribution in [3.05, 3.63) is 68.1 Å². The topological polar surface area (TPSA) is 95.1 Å². The quantitative estimate of drug-likeness (QED) is 0.476. The molecule has 1 heterocycles. The van der Waals surface area contributed by atoms with Crippen LogP contribution in [0.3, 0.4) is 0 Å². The van der Waals surface area contributed by atoms with Crippen molar-refractivity contribution in [3.63, 3.8) is 0 Å². The van der Waals surface area contributed by atoms with E-state index in [0.29, 0.717) is 11.3 Å². The minimum absolute atomic E-state index is 0.0904. The average Bonchev–Trinajstić information content (AvgIpc) is 2.43. The number of ketones is 1. The lowest BCUT2D eigenvalue weighted by Crippen LogP contribution is -2.26. The van der Waals surface area contributed by atoms with Gasteiger partial charge in [-0.05, 0) is 25.1 Å². The zero-order valence-electron chi connectivity index (χ0n) is 10.6. The summed E-state index contributed by atoms with van der Waals surface area (Å²) in [4.78, 5) is 33.5. The molecule has 0 aliphatic heterocycles. The molecule has 0 unspecified atom stereocenters. The zero-order valence-corrected chi connectivity index (χ0v) is 10.6. The lowest BCUT2D eigenvalue weighted by atomic mass is 10.1.